The Morgan fingerprint density at radius 2 is 2.36 bits per heavy atom. The zero-order valence-corrected chi connectivity index (χ0v) is 6.17. The predicted octanol–water partition coefficient (Wildman–Crippen LogP) is 0.143. The first-order valence-electron chi connectivity index (χ1n) is 3.37. The van der Waals surface area contributed by atoms with E-state index in [1.165, 1.54) is 6.20 Å². The first kappa shape index (κ1) is 7.92. The lowest BCUT2D eigenvalue weighted by Gasteiger charge is -1.98. The summed E-state index contributed by atoms with van der Waals surface area (Å²) < 4.78 is 12.7. The lowest BCUT2D eigenvalue weighted by molar-refractivity contribution is 0.112. The standard InChI is InChI=1S/C7H7BFNO/c1-8-6-2-10-3-7(9)5(6)4-11/h2-4,8H,1H3. The van der Waals surface area contributed by atoms with Gasteiger partial charge in [0.25, 0.3) is 0 Å². The van der Waals surface area contributed by atoms with E-state index in [-0.39, 0.29) is 5.56 Å². The number of aromatic nitrogens is 1. The first-order valence-corrected chi connectivity index (χ1v) is 3.37. The molecule has 0 fully saturated rings. The molecule has 0 aliphatic rings. The highest BCUT2D eigenvalue weighted by Gasteiger charge is 2.05. The third-order valence-corrected chi connectivity index (χ3v) is 1.52. The van der Waals surface area contributed by atoms with Crippen molar-refractivity contribution in [2.75, 3.05) is 0 Å². The Morgan fingerprint density at radius 3 is 2.82 bits per heavy atom. The first-order chi connectivity index (χ1) is 5.29. The Kier molecular flexibility index (Phi) is 2.36. The van der Waals surface area contributed by atoms with E-state index in [1.54, 1.807) is 0 Å². The van der Waals surface area contributed by atoms with Crippen molar-refractivity contribution in [2.24, 2.45) is 0 Å². The van der Waals surface area contributed by atoms with Gasteiger partial charge in [-0.2, -0.15) is 0 Å². The molecule has 4 heteroatoms. The van der Waals surface area contributed by atoms with Gasteiger partial charge in [0, 0.05) is 11.8 Å². The molecule has 1 heterocycles. The predicted molar refractivity (Wildman–Crippen MR) is 42.2 cm³/mol. The van der Waals surface area contributed by atoms with E-state index in [9.17, 15) is 9.18 Å². The van der Waals surface area contributed by atoms with E-state index in [1.807, 2.05) is 6.82 Å². The topological polar surface area (TPSA) is 30.0 Å². The summed E-state index contributed by atoms with van der Waals surface area (Å²) in [7, 11) is 0.624. The molecule has 0 bridgehead atoms. The summed E-state index contributed by atoms with van der Waals surface area (Å²) in [5.41, 5.74) is 0.780. The molecule has 0 aliphatic carbocycles. The third kappa shape index (κ3) is 1.45. The van der Waals surface area contributed by atoms with Gasteiger partial charge < -0.3 is 0 Å². The lowest BCUT2D eigenvalue weighted by atomic mass is 9.72. The quantitative estimate of drug-likeness (QED) is 0.444. The Hall–Kier alpha value is -1.19. The highest BCUT2D eigenvalue weighted by molar-refractivity contribution is 6.53. The Bertz CT molecular complexity index is 277. The number of halogens is 1. The van der Waals surface area contributed by atoms with Gasteiger partial charge in [-0.3, -0.25) is 9.78 Å². The van der Waals surface area contributed by atoms with Crippen LogP contribution >= 0.6 is 0 Å². The number of carbonyl (C=O) groups is 1. The lowest BCUT2D eigenvalue weighted by Crippen LogP contribution is -2.18. The maximum Gasteiger partial charge on any atom is 0.157 e. The molecule has 2 nitrogen and oxygen atoms in total. The molecular weight excluding hydrogens is 144 g/mol. The van der Waals surface area contributed by atoms with Gasteiger partial charge in [0.2, 0.25) is 0 Å². The fourth-order valence-corrected chi connectivity index (χ4v) is 0.899. The number of carbonyl (C=O) groups excluding carboxylic acids is 1. The number of pyridine rings is 1. The number of nitrogens with zero attached hydrogens (tertiary/aromatic N) is 1. The molecule has 0 unspecified atom stereocenters. The summed E-state index contributed by atoms with van der Waals surface area (Å²) in [5.74, 6) is -0.542. The molecule has 0 atom stereocenters. The summed E-state index contributed by atoms with van der Waals surface area (Å²) in [6, 6.07) is 0. The fourth-order valence-electron chi connectivity index (χ4n) is 0.899. The zero-order valence-electron chi connectivity index (χ0n) is 6.17. The number of hydrogen-bond donors (Lipinski definition) is 0. The van der Waals surface area contributed by atoms with E-state index in [0.717, 1.165) is 6.20 Å². The van der Waals surface area contributed by atoms with Gasteiger partial charge in [0.1, 0.15) is 0 Å². The highest BCUT2D eigenvalue weighted by atomic mass is 19.1. The molecule has 1 rings (SSSR count). The van der Waals surface area contributed by atoms with E-state index < -0.39 is 5.82 Å². The second-order valence-corrected chi connectivity index (χ2v) is 2.17. The summed E-state index contributed by atoms with van der Waals surface area (Å²) in [5, 5.41) is 0. The Labute approximate surface area is 64.7 Å². The summed E-state index contributed by atoms with van der Waals surface area (Å²) in [4.78, 5) is 14.0. The second-order valence-electron chi connectivity index (χ2n) is 2.17. The Morgan fingerprint density at radius 1 is 1.64 bits per heavy atom. The minimum atomic E-state index is -0.542. The number of aldehydes is 1. The van der Waals surface area contributed by atoms with Gasteiger partial charge in [0.05, 0.1) is 6.20 Å². The molecule has 0 aromatic carbocycles. The van der Waals surface area contributed by atoms with Crippen molar-refractivity contribution >= 4 is 19.0 Å². The molecule has 0 saturated carbocycles. The van der Waals surface area contributed by atoms with Crippen LogP contribution in [0.3, 0.4) is 0 Å². The van der Waals surface area contributed by atoms with Crippen LogP contribution in [0.4, 0.5) is 4.39 Å². The molecule has 1 aromatic heterocycles. The van der Waals surface area contributed by atoms with Gasteiger partial charge in [-0.1, -0.05) is 12.3 Å². The van der Waals surface area contributed by atoms with E-state index in [2.05, 4.69) is 4.98 Å². The molecule has 0 spiro atoms. The van der Waals surface area contributed by atoms with Crippen LogP contribution in [0, 0.1) is 5.82 Å². The van der Waals surface area contributed by atoms with Crippen LogP contribution < -0.4 is 5.46 Å². The van der Waals surface area contributed by atoms with Crippen molar-refractivity contribution < 1.29 is 9.18 Å². The van der Waals surface area contributed by atoms with Crippen molar-refractivity contribution in [3.8, 4) is 0 Å². The minimum absolute atomic E-state index is 0.127. The van der Waals surface area contributed by atoms with Crippen LogP contribution in [0.15, 0.2) is 12.4 Å². The van der Waals surface area contributed by atoms with Crippen molar-refractivity contribution in [1.29, 1.82) is 0 Å². The zero-order chi connectivity index (χ0) is 8.27. The average molecular weight is 151 g/mol. The number of hydrogen-bond acceptors (Lipinski definition) is 2. The van der Waals surface area contributed by atoms with Gasteiger partial charge in [-0.05, 0) is 0 Å². The largest absolute Gasteiger partial charge is 0.298 e. The molecular formula is C7H7BFNO. The molecule has 0 radical (unpaired) electrons. The van der Waals surface area contributed by atoms with Gasteiger partial charge in [-0.15, -0.1) is 0 Å². The molecule has 11 heavy (non-hydrogen) atoms. The second kappa shape index (κ2) is 3.28. The molecule has 0 aliphatic heterocycles. The monoisotopic (exact) mass is 151 g/mol. The van der Waals surface area contributed by atoms with Gasteiger partial charge in [-0.25, -0.2) is 4.39 Å². The number of rotatable bonds is 2. The van der Waals surface area contributed by atoms with E-state index in [4.69, 9.17) is 0 Å². The highest BCUT2D eigenvalue weighted by Crippen LogP contribution is 1.97. The molecule has 56 valence electrons. The van der Waals surface area contributed by atoms with Crippen molar-refractivity contribution in [3.05, 3.63) is 23.8 Å². The molecule has 0 amide bonds. The summed E-state index contributed by atoms with van der Waals surface area (Å²) in [6.45, 7) is 1.85. The summed E-state index contributed by atoms with van der Waals surface area (Å²) >= 11 is 0. The van der Waals surface area contributed by atoms with Crippen molar-refractivity contribution in [3.63, 3.8) is 0 Å². The van der Waals surface area contributed by atoms with Gasteiger partial charge >= 0.3 is 0 Å². The maximum absolute atomic E-state index is 12.7. The average Bonchev–Trinajstić information content (AvgIpc) is 2.04. The Balaban J connectivity index is 3.24. The van der Waals surface area contributed by atoms with Crippen LogP contribution in [0.1, 0.15) is 10.4 Å². The smallest absolute Gasteiger partial charge is 0.157 e. The van der Waals surface area contributed by atoms with Crippen molar-refractivity contribution in [2.45, 2.75) is 6.82 Å². The maximum atomic E-state index is 12.7. The minimum Gasteiger partial charge on any atom is -0.298 e. The molecule has 0 saturated heterocycles. The normalized spacial score (nSPS) is 9.27. The van der Waals surface area contributed by atoms with Crippen LogP contribution in [-0.4, -0.2) is 18.5 Å². The molecule has 0 N–H and O–H groups in total. The van der Waals surface area contributed by atoms with E-state index in [0.29, 0.717) is 19.0 Å². The van der Waals surface area contributed by atoms with Crippen LogP contribution in [-0.2, 0) is 0 Å². The SMILES string of the molecule is CBc1cncc(F)c1C=O. The van der Waals surface area contributed by atoms with Gasteiger partial charge in [0.15, 0.2) is 19.4 Å². The van der Waals surface area contributed by atoms with Crippen LogP contribution in [0.25, 0.3) is 0 Å². The fraction of sp³-hybridized carbons (Fsp3) is 0.143. The van der Waals surface area contributed by atoms with Crippen LogP contribution in [0.5, 0.6) is 0 Å². The van der Waals surface area contributed by atoms with Crippen LogP contribution in [0.2, 0.25) is 6.82 Å². The van der Waals surface area contributed by atoms with Crippen molar-refractivity contribution in [1.82, 2.24) is 4.98 Å². The van der Waals surface area contributed by atoms with E-state index >= 15 is 0 Å². The summed E-state index contributed by atoms with van der Waals surface area (Å²) in [6.07, 6.45) is 3.07. The third-order valence-electron chi connectivity index (χ3n) is 1.52. The molecule has 1 aromatic rings.